The number of benzene rings is 1. The number of fused-ring (bicyclic) bond motifs is 2. The van der Waals surface area contributed by atoms with Crippen LogP contribution < -0.4 is 5.32 Å². The molecular weight excluding hydrogens is 410 g/mol. The van der Waals surface area contributed by atoms with Gasteiger partial charge in [0.25, 0.3) is 0 Å². The summed E-state index contributed by atoms with van der Waals surface area (Å²) in [5.41, 5.74) is 6.57. The number of carbonyl (C=O) groups excluding carboxylic acids is 1. The minimum absolute atomic E-state index is 0.0963. The molecule has 1 aliphatic rings. The van der Waals surface area contributed by atoms with E-state index in [4.69, 9.17) is 11.6 Å². The fraction of sp³-hybridized carbons (Fsp3) is 0.208. The maximum atomic E-state index is 12.8. The number of hydrogen-bond acceptors (Lipinski definition) is 3. The van der Waals surface area contributed by atoms with E-state index in [1.54, 1.807) is 18.3 Å². The molecule has 31 heavy (non-hydrogen) atoms. The van der Waals surface area contributed by atoms with Crippen molar-refractivity contribution in [1.29, 1.82) is 0 Å². The monoisotopic (exact) mass is 433 g/mol. The Morgan fingerprint density at radius 3 is 2.87 bits per heavy atom. The summed E-state index contributed by atoms with van der Waals surface area (Å²) < 4.78 is 0. The van der Waals surface area contributed by atoms with Gasteiger partial charge in [-0.1, -0.05) is 35.9 Å². The third-order valence-electron chi connectivity index (χ3n) is 5.63. The van der Waals surface area contributed by atoms with E-state index in [9.17, 15) is 4.79 Å². The van der Waals surface area contributed by atoms with E-state index in [1.165, 1.54) is 0 Å². The molecule has 1 aliphatic heterocycles. The van der Waals surface area contributed by atoms with Crippen LogP contribution in [0.1, 0.15) is 25.1 Å². The molecule has 2 amide bonds. The summed E-state index contributed by atoms with van der Waals surface area (Å²) in [6.07, 6.45) is 7.07. The first-order valence-corrected chi connectivity index (χ1v) is 10.4. The lowest BCUT2D eigenvalue weighted by Gasteiger charge is -2.34. The minimum Gasteiger partial charge on any atom is -0.314 e. The molecular formula is C24H24ClN5O. The van der Waals surface area contributed by atoms with Crippen LogP contribution in [0.2, 0.25) is 0 Å². The number of carbonyl (C=O) groups is 1. The topological polar surface area (TPSA) is 73.9 Å². The fourth-order valence-corrected chi connectivity index (χ4v) is 3.75. The van der Waals surface area contributed by atoms with E-state index in [0.29, 0.717) is 11.6 Å². The number of urea groups is 1. The Balaban J connectivity index is 1.68. The lowest BCUT2D eigenvalue weighted by Crippen LogP contribution is -2.44. The quantitative estimate of drug-likeness (QED) is 0.490. The number of aromatic nitrogens is 3. The van der Waals surface area contributed by atoms with Crippen molar-refractivity contribution in [2.45, 2.75) is 33.4 Å². The second-order valence-corrected chi connectivity index (χ2v) is 8.15. The van der Waals surface area contributed by atoms with Crippen molar-refractivity contribution < 1.29 is 4.79 Å². The minimum atomic E-state index is -0.129. The zero-order valence-corrected chi connectivity index (χ0v) is 18.5. The van der Waals surface area contributed by atoms with Gasteiger partial charge in [-0.15, -0.1) is 0 Å². The van der Waals surface area contributed by atoms with E-state index >= 15 is 0 Å². The van der Waals surface area contributed by atoms with Crippen molar-refractivity contribution in [3.05, 3.63) is 77.1 Å². The lowest BCUT2D eigenvalue weighted by molar-refractivity contribution is 0.194. The maximum absolute atomic E-state index is 12.8. The number of allylic oxidation sites excluding steroid dienone is 4. The van der Waals surface area contributed by atoms with E-state index in [-0.39, 0.29) is 12.1 Å². The summed E-state index contributed by atoms with van der Waals surface area (Å²) >= 11 is 6.01. The third-order valence-corrected chi connectivity index (χ3v) is 5.91. The van der Waals surface area contributed by atoms with Gasteiger partial charge in [0.1, 0.15) is 5.69 Å². The molecule has 3 heterocycles. The van der Waals surface area contributed by atoms with E-state index in [2.05, 4.69) is 33.1 Å². The van der Waals surface area contributed by atoms with E-state index < -0.39 is 0 Å². The molecule has 6 nitrogen and oxygen atoms in total. The van der Waals surface area contributed by atoms with Gasteiger partial charge in [-0.2, -0.15) is 5.10 Å². The number of nitrogens with one attached hydrogen (secondary N) is 2. The summed E-state index contributed by atoms with van der Waals surface area (Å²) in [7, 11) is 0. The second kappa shape index (κ2) is 8.40. The molecule has 2 N–H and O–H groups in total. The average Bonchev–Trinajstić information content (AvgIpc) is 3.17. The molecule has 0 fully saturated rings. The Morgan fingerprint density at radius 2 is 2.13 bits per heavy atom. The van der Waals surface area contributed by atoms with Gasteiger partial charge in [0, 0.05) is 33.6 Å². The number of amides is 2. The molecule has 1 atom stereocenters. The number of hydrogen-bond donors (Lipinski definition) is 2. The van der Waals surface area contributed by atoms with Gasteiger partial charge in [0.2, 0.25) is 0 Å². The molecule has 0 radical (unpaired) electrons. The van der Waals surface area contributed by atoms with Gasteiger partial charge < -0.3 is 10.2 Å². The van der Waals surface area contributed by atoms with E-state index in [0.717, 1.165) is 44.7 Å². The van der Waals surface area contributed by atoms with Crippen molar-refractivity contribution in [1.82, 2.24) is 20.1 Å². The van der Waals surface area contributed by atoms with Crippen molar-refractivity contribution in [3.63, 3.8) is 0 Å². The number of aryl methyl sites for hydroxylation is 1. The molecule has 0 bridgehead atoms. The zero-order valence-electron chi connectivity index (χ0n) is 17.7. The zero-order chi connectivity index (χ0) is 22.1. The van der Waals surface area contributed by atoms with Gasteiger partial charge in [0.05, 0.1) is 18.1 Å². The van der Waals surface area contributed by atoms with Gasteiger partial charge in [0.15, 0.2) is 0 Å². The van der Waals surface area contributed by atoms with Crippen molar-refractivity contribution >= 4 is 34.2 Å². The molecule has 0 saturated carbocycles. The number of rotatable bonds is 5. The van der Waals surface area contributed by atoms with Gasteiger partial charge in [-0.3, -0.25) is 10.1 Å². The first kappa shape index (κ1) is 20.9. The molecule has 0 unspecified atom stereocenters. The molecule has 0 saturated heterocycles. The highest BCUT2D eigenvalue weighted by Gasteiger charge is 2.28. The molecule has 1 aromatic carbocycles. The summed E-state index contributed by atoms with van der Waals surface area (Å²) in [6, 6.07) is 7.79. The van der Waals surface area contributed by atoms with E-state index in [1.807, 2.05) is 49.9 Å². The van der Waals surface area contributed by atoms with Crippen LogP contribution in [0.25, 0.3) is 22.2 Å². The third kappa shape index (κ3) is 4.11. The number of anilines is 1. The average molecular weight is 434 g/mol. The SMILES string of the molecule is C=C/C(Cl)=C\C=C(/C)[C@@H](C)N1Cc2cc3c(-c4ccnc(C)c4)n[nH]c3cc2NC1=O. The Bertz CT molecular complexity index is 1240. The van der Waals surface area contributed by atoms with Crippen molar-refractivity contribution in [2.75, 3.05) is 5.32 Å². The predicted octanol–water partition coefficient (Wildman–Crippen LogP) is 5.92. The van der Waals surface area contributed by atoms with Gasteiger partial charge >= 0.3 is 6.03 Å². The number of aromatic amines is 1. The van der Waals surface area contributed by atoms with Crippen molar-refractivity contribution in [3.8, 4) is 11.3 Å². The summed E-state index contributed by atoms with van der Waals surface area (Å²) in [5.74, 6) is 0. The standard InChI is InChI=1S/C24H24ClN5O/c1-5-19(25)7-6-14(2)16(4)30-13-18-11-20-22(12-21(18)27-24(30)31)28-29-23(20)17-8-9-26-15(3)10-17/h5-12,16H,1,13H2,2-4H3,(H,27,31)(H,28,29)/b14-6+,19-7+/t16-/m1/s1. The smallest absolute Gasteiger partial charge is 0.314 e. The molecule has 2 aromatic heterocycles. The van der Waals surface area contributed by atoms with Crippen LogP contribution in [0.4, 0.5) is 10.5 Å². The molecule has 158 valence electrons. The number of pyridine rings is 1. The summed E-state index contributed by atoms with van der Waals surface area (Å²) in [6.45, 7) is 10.1. The molecule has 0 aliphatic carbocycles. The van der Waals surface area contributed by atoms with Crippen LogP contribution in [0.5, 0.6) is 0 Å². The summed E-state index contributed by atoms with van der Waals surface area (Å²) in [5, 5.41) is 12.2. The van der Waals surface area contributed by atoms with Crippen LogP contribution in [0, 0.1) is 6.92 Å². The number of H-pyrrole nitrogens is 1. The predicted molar refractivity (Wildman–Crippen MR) is 126 cm³/mol. The highest BCUT2D eigenvalue weighted by Crippen LogP contribution is 2.34. The highest BCUT2D eigenvalue weighted by atomic mass is 35.5. The van der Waals surface area contributed by atoms with Gasteiger partial charge in [-0.25, -0.2) is 4.79 Å². The second-order valence-electron chi connectivity index (χ2n) is 7.71. The Hall–Kier alpha value is -3.38. The Morgan fingerprint density at radius 1 is 1.32 bits per heavy atom. The molecule has 3 aromatic rings. The molecule has 4 rings (SSSR count). The maximum Gasteiger partial charge on any atom is 0.322 e. The van der Waals surface area contributed by atoms with Gasteiger partial charge in [-0.05, 0) is 56.7 Å². The fourth-order valence-electron chi connectivity index (χ4n) is 3.69. The largest absolute Gasteiger partial charge is 0.322 e. The normalized spacial score (nSPS) is 15.6. The van der Waals surface area contributed by atoms with Crippen LogP contribution in [0.3, 0.4) is 0 Å². The first-order valence-electron chi connectivity index (χ1n) is 10.1. The highest BCUT2D eigenvalue weighted by molar-refractivity contribution is 6.31. The van der Waals surface area contributed by atoms with Crippen LogP contribution in [0.15, 0.2) is 65.9 Å². The van der Waals surface area contributed by atoms with Crippen molar-refractivity contribution in [2.24, 2.45) is 0 Å². The lowest BCUT2D eigenvalue weighted by atomic mass is 10.0. The molecule has 7 heteroatoms. The first-order chi connectivity index (χ1) is 14.9. The van der Waals surface area contributed by atoms with Crippen LogP contribution in [-0.2, 0) is 6.54 Å². The number of halogens is 1. The number of nitrogens with zero attached hydrogens (tertiary/aromatic N) is 3. The molecule has 0 spiro atoms. The van der Waals surface area contributed by atoms with Crippen LogP contribution in [-0.4, -0.2) is 32.2 Å². The Kier molecular flexibility index (Phi) is 5.65. The summed E-state index contributed by atoms with van der Waals surface area (Å²) in [4.78, 5) is 18.9. The Labute approximate surface area is 186 Å². The van der Waals surface area contributed by atoms with Crippen LogP contribution >= 0.6 is 11.6 Å².